The lowest BCUT2D eigenvalue weighted by molar-refractivity contribution is -0.146. The average Bonchev–Trinajstić information content (AvgIpc) is 0.842. The van der Waals surface area contributed by atoms with E-state index in [1.54, 1.807) is 6.26 Å². The van der Waals surface area contributed by atoms with Crippen molar-refractivity contribution in [1.29, 1.82) is 0 Å². The Balaban J connectivity index is 2.47. The average molecular weight is 2160 g/mol. The molecule has 2 aromatic carbocycles. The van der Waals surface area contributed by atoms with Crippen molar-refractivity contribution in [2.24, 2.45) is 40.5 Å². The SMILES string of the molecule is CSCC[C@H](NC(=O)[C@@H](NC(=O)[C@H](C)NC(=O)[C@H](C)NC(=O)[C@H](CC(=O)O)NC(=O)[C@H](CCC(N)=O)NC(=O)[C@H](CCC(N)=O)NC(=O)[C@H](CS)NC(=O)[C@H](Cc1ccc(O)cc1)NC(=O)[C@H](Cc1ccc(O)cc1)NC(=O)[C@@H](NC(=O)[C@H](C)NC(=O)[C@H](C)NC(=O)[C@H](CC(=O)O)NC(=O)[C@H](C)N)[C@@H](C)O)C(C)C)C(=O)N[C@@H](CC(N)=O)C(=O)N[C@H](C(=O)N[C@@H](CC(=O)O)C(=O)N[C@@H](CC(N)=O)C(=O)N[C@H](C(=O)O)[C@@H](C)O)C(C)C. The summed E-state index contributed by atoms with van der Waals surface area (Å²) in [6, 6.07) is -25.9. The standard InChI is InChI=1S/C89H134N24O35S2/c1-35(2)66(86(144)101-50(25-26-150-12)77(135)104-53(29-61(93)120)83(141)111-67(36(3)4)87(145)108-57(33-65(126)127)82(140)105-54(30-62(94)121)84(142)113-69(43(11)115)89(147)148)110-73(131)40(8)95-71(129)39(7)98-79(137)56(32-64(124)125)106-76(134)49(22-24-60(92)119)99-75(133)48(21-23-59(91)118)100-85(143)58(34-149)109-81(139)51(27-44-13-17-46(116)18-14-44)103-80(138)52(28-45-15-19-47(117)20-16-45)107-88(146)68(42(10)114)112-74(132)41(9)96-72(130)38(6)97-78(136)55(31-63(122)123)102-70(128)37(5)90/h13-20,35-43,48-58,66-69,114-117,149H,21-34,90H2,1-12H3,(H2,91,118)(H2,92,119)(H2,93,120)(H2,94,121)(H,95,129)(H,96,130)(H,97,136)(H,98,137)(H,99,133)(H,100,143)(H,101,144)(H,102,128)(H,103,138)(H,104,135)(H,105,140)(H,106,134)(H,107,146)(H,108,145)(H,109,139)(H,110,131)(H,111,141)(H,112,132)(H,113,142)(H,122,123)(H,124,125)(H,126,127)(H,147,148)/t37-,38-,39-,40-,41-,42+,43+,48-,49-,50-,51-,52-,53-,54-,55-,56-,57-,58-,66-,67-,68-,69-/m0/s1. The number of phenolic OH excluding ortho intramolecular Hbond substituents is 2. The van der Waals surface area contributed by atoms with Crippen molar-refractivity contribution < 1.29 is 170 Å². The van der Waals surface area contributed by atoms with Gasteiger partial charge in [-0.2, -0.15) is 24.4 Å². The van der Waals surface area contributed by atoms with Gasteiger partial charge in [0.05, 0.1) is 50.4 Å². The highest BCUT2D eigenvalue weighted by atomic mass is 32.2. The minimum absolute atomic E-state index is 0.105. The summed E-state index contributed by atoms with van der Waals surface area (Å²) in [6.45, 7) is 13.3. The first-order valence-electron chi connectivity index (χ1n) is 46.4. The molecule has 0 radical (unpaired) electrons. The Labute approximate surface area is 867 Å². The van der Waals surface area contributed by atoms with Crippen LogP contribution in [0.25, 0.3) is 0 Å². The minimum Gasteiger partial charge on any atom is -0.508 e. The van der Waals surface area contributed by atoms with Crippen LogP contribution in [0.3, 0.4) is 0 Å². The number of phenols is 2. The predicted molar refractivity (Wildman–Crippen MR) is 525 cm³/mol. The molecule has 0 saturated carbocycles. The molecule has 0 spiro atoms. The zero-order valence-electron chi connectivity index (χ0n) is 83.7. The molecule has 2 rings (SSSR count). The van der Waals surface area contributed by atoms with Crippen LogP contribution < -0.4 is 130 Å². The highest BCUT2D eigenvalue weighted by Gasteiger charge is 2.43. The van der Waals surface area contributed by atoms with Gasteiger partial charge in [-0.25, -0.2) is 4.79 Å². The number of aliphatic hydroxyl groups is 2. The summed E-state index contributed by atoms with van der Waals surface area (Å²) in [5.74, 6) is -37.7. The first-order valence-corrected chi connectivity index (χ1v) is 48.4. The topological polar surface area (TPSA) is 981 Å². The second-order valence-corrected chi connectivity index (χ2v) is 36.8. The molecule has 61 heteroatoms. The van der Waals surface area contributed by atoms with Gasteiger partial charge in [0.2, 0.25) is 136 Å². The second-order valence-electron chi connectivity index (χ2n) is 35.5. The van der Waals surface area contributed by atoms with Crippen molar-refractivity contribution >= 4 is 184 Å². The molecule has 0 aliphatic rings. The molecule has 0 bridgehead atoms. The fraction of sp³-hybridized carbons (Fsp3) is 0.562. The van der Waals surface area contributed by atoms with E-state index in [4.69, 9.17) is 28.7 Å². The quantitative estimate of drug-likeness (QED) is 0.0274. The summed E-state index contributed by atoms with van der Waals surface area (Å²) in [6.07, 6.45) is -11.5. The summed E-state index contributed by atoms with van der Waals surface area (Å²) < 4.78 is 0. The number of nitrogens with one attached hydrogen (secondary N) is 19. The van der Waals surface area contributed by atoms with E-state index in [2.05, 4.69) is 103 Å². The monoisotopic (exact) mass is 2160 g/mol. The van der Waals surface area contributed by atoms with E-state index in [0.29, 0.717) is 0 Å². The van der Waals surface area contributed by atoms with E-state index in [9.17, 15) is 170 Å². The lowest BCUT2D eigenvalue weighted by Gasteiger charge is -2.29. The van der Waals surface area contributed by atoms with Gasteiger partial charge in [-0.05, 0) is 127 Å². The summed E-state index contributed by atoms with van der Waals surface area (Å²) >= 11 is 5.39. The zero-order chi connectivity index (χ0) is 114. The molecule has 0 aliphatic carbocycles. The lowest BCUT2D eigenvalue weighted by Crippen LogP contribution is -2.62. The van der Waals surface area contributed by atoms with E-state index < -0.39 is 381 Å². The van der Waals surface area contributed by atoms with Crippen LogP contribution in [0.2, 0.25) is 0 Å². The zero-order valence-corrected chi connectivity index (χ0v) is 85.4. The molecule has 0 fully saturated rings. The van der Waals surface area contributed by atoms with Crippen molar-refractivity contribution in [3.8, 4) is 11.5 Å². The second kappa shape index (κ2) is 63.8. The van der Waals surface area contributed by atoms with Crippen molar-refractivity contribution in [2.75, 3.05) is 17.8 Å². The van der Waals surface area contributed by atoms with Gasteiger partial charge in [-0.3, -0.25) is 125 Å². The Bertz CT molecular complexity index is 5190. The van der Waals surface area contributed by atoms with Crippen LogP contribution in [-0.4, -0.2) is 351 Å². The van der Waals surface area contributed by atoms with Crippen molar-refractivity contribution in [3.63, 3.8) is 0 Å². The maximum absolute atomic E-state index is 14.8. The van der Waals surface area contributed by atoms with Crippen LogP contribution in [0, 0.1) is 11.8 Å². The third-order valence-corrected chi connectivity index (χ3v) is 22.8. The highest BCUT2D eigenvalue weighted by Crippen LogP contribution is 2.18. The van der Waals surface area contributed by atoms with E-state index in [0.717, 1.165) is 53.3 Å². The number of thiol groups is 1. The van der Waals surface area contributed by atoms with Gasteiger partial charge in [0.15, 0.2) is 6.04 Å². The minimum atomic E-state index is -2.18. The number of primary amides is 4. The fourth-order valence-corrected chi connectivity index (χ4v) is 14.2. The number of carboxylic acid groups (broad SMARTS) is 4. The molecule has 832 valence electrons. The Kier molecular flexibility index (Phi) is 55.4. The summed E-state index contributed by atoms with van der Waals surface area (Å²) in [5, 5.41) is 122. The van der Waals surface area contributed by atoms with Crippen LogP contribution in [0.15, 0.2) is 48.5 Å². The van der Waals surface area contributed by atoms with Gasteiger partial charge in [0, 0.05) is 31.4 Å². The maximum atomic E-state index is 14.8. The lowest BCUT2D eigenvalue weighted by atomic mass is 10.0. The Morgan fingerprint density at radius 1 is 0.280 bits per heavy atom. The number of rotatable bonds is 67. The molecular weight excluding hydrogens is 2030 g/mol. The number of benzene rings is 2. The summed E-state index contributed by atoms with van der Waals surface area (Å²) in [4.78, 5) is 361. The first-order chi connectivity index (χ1) is 69.8. The predicted octanol–water partition coefficient (Wildman–Crippen LogP) is -12.9. The number of hydrogen-bond acceptors (Lipinski definition) is 34. The molecule has 0 heterocycles. The molecule has 22 atom stereocenters. The highest BCUT2D eigenvalue weighted by molar-refractivity contribution is 7.98. The Hall–Kier alpha value is -15.7. The number of hydrogen-bond donors (Lipinski definition) is 33. The molecule has 23 amide bonds. The van der Waals surface area contributed by atoms with Crippen molar-refractivity contribution in [3.05, 3.63) is 59.7 Å². The first kappa shape index (κ1) is 130. The van der Waals surface area contributed by atoms with Gasteiger partial charge in [-0.15, -0.1) is 0 Å². The van der Waals surface area contributed by atoms with Crippen molar-refractivity contribution in [2.45, 2.75) is 286 Å². The number of amides is 23. The van der Waals surface area contributed by atoms with Gasteiger partial charge in [0.1, 0.15) is 120 Å². The summed E-state index contributed by atoms with van der Waals surface area (Å²) in [5.41, 5.74) is 27.6. The number of thioether (sulfide) groups is 1. The van der Waals surface area contributed by atoms with Gasteiger partial charge < -0.3 is 171 Å². The number of aliphatic carboxylic acids is 4. The molecule has 2 aromatic rings. The molecule has 0 saturated heterocycles. The number of nitrogens with two attached hydrogens (primary N) is 5. The van der Waals surface area contributed by atoms with Crippen LogP contribution in [0.5, 0.6) is 11.5 Å². The van der Waals surface area contributed by atoms with E-state index in [1.807, 2.05) is 10.6 Å². The van der Waals surface area contributed by atoms with Crippen LogP contribution in [0.4, 0.5) is 0 Å². The van der Waals surface area contributed by atoms with E-state index in [1.165, 1.54) is 83.1 Å². The number of aliphatic hydroxyl groups excluding tert-OH is 2. The molecule has 150 heavy (non-hydrogen) atoms. The smallest absolute Gasteiger partial charge is 0.328 e. The summed E-state index contributed by atoms with van der Waals surface area (Å²) in [7, 11) is 0. The van der Waals surface area contributed by atoms with Gasteiger partial charge in [-0.1, -0.05) is 52.0 Å². The fourth-order valence-electron chi connectivity index (χ4n) is 13.4. The van der Waals surface area contributed by atoms with E-state index >= 15 is 0 Å². The largest absolute Gasteiger partial charge is 0.508 e. The molecule has 0 unspecified atom stereocenters. The van der Waals surface area contributed by atoms with Crippen LogP contribution in [0.1, 0.15) is 151 Å². The Morgan fingerprint density at radius 3 is 0.820 bits per heavy atom. The normalized spacial score (nSPS) is 15.5. The van der Waals surface area contributed by atoms with Gasteiger partial charge >= 0.3 is 23.9 Å². The van der Waals surface area contributed by atoms with Crippen LogP contribution >= 0.6 is 24.4 Å². The molecule has 0 aliphatic heterocycles. The maximum Gasteiger partial charge on any atom is 0.328 e. The number of carboxylic acids is 4. The Morgan fingerprint density at radius 2 is 0.513 bits per heavy atom. The van der Waals surface area contributed by atoms with Crippen LogP contribution in [-0.2, 0) is 142 Å². The van der Waals surface area contributed by atoms with Gasteiger partial charge in [0.25, 0.3) is 0 Å². The molecular formula is C89H134N24O35S2. The number of aromatic hydroxyl groups is 2. The molecule has 0 aromatic heterocycles. The number of carbonyl (C=O) groups is 27. The third-order valence-electron chi connectivity index (χ3n) is 21.8. The molecule has 59 nitrogen and oxygen atoms in total. The van der Waals surface area contributed by atoms with Crippen molar-refractivity contribution in [1.82, 2.24) is 101 Å². The molecule has 37 N–H and O–H groups in total. The number of carbonyl (C=O) groups excluding carboxylic acids is 23. The van der Waals surface area contributed by atoms with E-state index in [-0.39, 0.29) is 34.8 Å². The third kappa shape index (κ3) is 47.0.